The molecule has 13 heteroatoms. The maximum absolute atomic E-state index is 13.1. The first-order chi connectivity index (χ1) is 17.7. The molecule has 0 radical (unpaired) electrons. The lowest BCUT2D eigenvalue weighted by Crippen LogP contribution is -2.39. The van der Waals surface area contributed by atoms with Crippen molar-refractivity contribution in [1.82, 2.24) is 15.3 Å². The summed E-state index contributed by atoms with van der Waals surface area (Å²) in [6, 6.07) is 10.4. The second kappa shape index (κ2) is 10.3. The number of amides is 1. The van der Waals surface area contributed by atoms with Gasteiger partial charge in [-0.15, -0.1) is 0 Å². The highest BCUT2D eigenvalue weighted by molar-refractivity contribution is 7.92. The van der Waals surface area contributed by atoms with E-state index < -0.39 is 15.9 Å². The quantitative estimate of drug-likeness (QED) is 0.404. The smallest absolute Gasteiger partial charge is 0.268 e. The summed E-state index contributed by atoms with van der Waals surface area (Å²) in [6.07, 6.45) is 4.32. The molecular weight excluding hydrogens is 539 g/mol. The highest BCUT2D eigenvalue weighted by Gasteiger charge is 2.31. The van der Waals surface area contributed by atoms with Crippen LogP contribution in [0.15, 0.2) is 42.6 Å². The summed E-state index contributed by atoms with van der Waals surface area (Å²) in [5.74, 6) is 0.153. The molecule has 3 aromatic rings. The van der Waals surface area contributed by atoms with Gasteiger partial charge in [0.15, 0.2) is 6.73 Å². The summed E-state index contributed by atoms with van der Waals surface area (Å²) >= 11 is 12.5. The number of carbonyl (C=O) groups is 1. The number of anilines is 4. The zero-order valence-electron chi connectivity index (χ0n) is 19.8. The summed E-state index contributed by atoms with van der Waals surface area (Å²) in [4.78, 5) is 23.0. The zero-order chi connectivity index (χ0) is 26.2. The Labute approximate surface area is 224 Å². The topological polar surface area (TPSA) is 126 Å². The average Bonchev–Trinajstić information content (AvgIpc) is 2.85. The van der Waals surface area contributed by atoms with Gasteiger partial charge in [0.1, 0.15) is 5.56 Å². The van der Waals surface area contributed by atoms with Crippen LogP contribution in [0.2, 0.25) is 10.0 Å². The minimum atomic E-state index is -3.49. The van der Waals surface area contributed by atoms with Crippen LogP contribution in [-0.2, 0) is 10.0 Å². The lowest BCUT2D eigenvalue weighted by molar-refractivity contribution is 0.0932. The number of halogens is 2. The highest BCUT2D eigenvalue weighted by atomic mass is 35.5. The number of ether oxygens (including phenoxy) is 1. The lowest BCUT2D eigenvalue weighted by atomic mass is 9.89. The molecule has 194 valence electrons. The normalized spacial score (nSPS) is 16.2. The Balaban J connectivity index is 1.40. The molecule has 2 aromatic carbocycles. The Kier molecular flexibility index (Phi) is 7.13. The molecule has 3 N–H and O–H groups in total. The number of nitrogens with one attached hydrogen (secondary N) is 3. The Morgan fingerprint density at radius 3 is 2.57 bits per heavy atom. The van der Waals surface area contributed by atoms with Crippen LogP contribution in [0.25, 0.3) is 0 Å². The maximum Gasteiger partial charge on any atom is 0.268 e. The van der Waals surface area contributed by atoms with Gasteiger partial charge < -0.3 is 15.4 Å². The van der Waals surface area contributed by atoms with Crippen molar-refractivity contribution >= 4 is 62.1 Å². The van der Waals surface area contributed by atoms with E-state index in [1.54, 1.807) is 24.3 Å². The van der Waals surface area contributed by atoms with E-state index in [1.807, 2.05) is 12.1 Å². The number of rotatable bonds is 6. The van der Waals surface area contributed by atoms with E-state index in [4.69, 9.17) is 27.9 Å². The monoisotopic (exact) mass is 562 g/mol. The molecule has 1 amide bonds. The predicted octanol–water partition coefficient (Wildman–Crippen LogP) is 4.36. The van der Waals surface area contributed by atoms with Gasteiger partial charge in [-0.2, -0.15) is 4.98 Å². The molecule has 0 bridgehead atoms. The summed E-state index contributed by atoms with van der Waals surface area (Å²) in [5, 5.41) is 7.03. The number of sulfonamides is 1. The molecule has 1 saturated heterocycles. The van der Waals surface area contributed by atoms with Crippen molar-refractivity contribution in [3.05, 3.63) is 63.8 Å². The van der Waals surface area contributed by atoms with E-state index in [0.29, 0.717) is 27.1 Å². The van der Waals surface area contributed by atoms with E-state index in [-0.39, 0.29) is 30.0 Å². The van der Waals surface area contributed by atoms with E-state index in [9.17, 15) is 13.2 Å². The van der Waals surface area contributed by atoms with Crippen LogP contribution in [0.5, 0.6) is 5.88 Å². The largest absolute Gasteiger partial charge is 0.455 e. The fourth-order valence-electron chi connectivity index (χ4n) is 4.47. The van der Waals surface area contributed by atoms with Gasteiger partial charge in [-0.1, -0.05) is 35.3 Å². The molecule has 2 aliphatic rings. The molecule has 10 nitrogen and oxygen atoms in total. The van der Waals surface area contributed by atoms with Gasteiger partial charge in [0.05, 0.1) is 27.7 Å². The van der Waals surface area contributed by atoms with Crippen molar-refractivity contribution < 1.29 is 17.9 Å². The molecule has 0 spiro atoms. The van der Waals surface area contributed by atoms with E-state index in [0.717, 1.165) is 37.8 Å². The number of piperidine rings is 1. The van der Waals surface area contributed by atoms with Gasteiger partial charge >= 0.3 is 0 Å². The van der Waals surface area contributed by atoms with Gasteiger partial charge in [-0.25, -0.2) is 13.4 Å². The maximum atomic E-state index is 13.1. The van der Waals surface area contributed by atoms with Crippen LogP contribution in [-0.4, -0.2) is 50.4 Å². The molecule has 0 unspecified atom stereocenters. The van der Waals surface area contributed by atoms with Gasteiger partial charge in [-0.05, 0) is 61.7 Å². The van der Waals surface area contributed by atoms with Gasteiger partial charge in [-0.3, -0.25) is 14.4 Å². The summed E-state index contributed by atoms with van der Waals surface area (Å²) in [6.45, 7) is 1.63. The number of aromatic nitrogens is 2. The van der Waals surface area contributed by atoms with Crippen LogP contribution in [0.1, 0.15) is 34.7 Å². The summed E-state index contributed by atoms with van der Waals surface area (Å²) in [7, 11) is -3.49. The number of hydrogen-bond acceptors (Lipinski definition) is 8. The number of para-hydroxylation sites is 1. The zero-order valence-corrected chi connectivity index (χ0v) is 22.1. The van der Waals surface area contributed by atoms with Gasteiger partial charge in [0, 0.05) is 11.9 Å². The van der Waals surface area contributed by atoms with E-state index in [2.05, 4.69) is 25.3 Å². The summed E-state index contributed by atoms with van der Waals surface area (Å²) < 4.78 is 32.4. The predicted molar refractivity (Wildman–Crippen MR) is 144 cm³/mol. The molecule has 0 aliphatic carbocycles. The Morgan fingerprint density at radius 2 is 1.86 bits per heavy atom. The van der Waals surface area contributed by atoms with E-state index >= 15 is 0 Å². The number of nitrogens with zero attached hydrogens (tertiary/aromatic N) is 3. The lowest BCUT2D eigenvalue weighted by Gasteiger charge is -2.29. The Bertz CT molecular complexity index is 1440. The van der Waals surface area contributed by atoms with Crippen molar-refractivity contribution in [2.24, 2.45) is 0 Å². The van der Waals surface area contributed by atoms with Crippen molar-refractivity contribution in [1.29, 1.82) is 0 Å². The molecule has 3 heterocycles. The Morgan fingerprint density at radius 1 is 1.14 bits per heavy atom. The van der Waals surface area contributed by atoms with Crippen molar-refractivity contribution in [2.45, 2.75) is 18.8 Å². The number of carbonyl (C=O) groups excluding carboxylic acids is 1. The number of benzene rings is 2. The van der Waals surface area contributed by atoms with Crippen LogP contribution in [0.3, 0.4) is 0 Å². The first-order valence-corrected chi connectivity index (χ1v) is 14.2. The molecule has 0 saturated carbocycles. The number of fused-ring (bicyclic) bond motifs is 1. The second-order valence-electron chi connectivity index (χ2n) is 8.81. The molecule has 37 heavy (non-hydrogen) atoms. The van der Waals surface area contributed by atoms with Crippen LogP contribution >= 0.6 is 23.2 Å². The second-order valence-corrected chi connectivity index (χ2v) is 11.4. The molecule has 0 atom stereocenters. The summed E-state index contributed by atoms with van der Waals surface area (Å²) in [5.41, 5.74) is 2.54. The molecule has 2 aliphatic heterocycles. The Hall–Kier alpha value is -3.12. The minimum Gasteiger partial charge on any atom is -0.455 e. The molecule has 1 fully saturated rings. The van der Waals surface area contributed by atoms with Crippen LogP contribution in [0, 0.1) is 0 Å². The van der Waals surface area contributed by atoms with Crippen molar-refractivity contribution in [2.75, 3.05) is 41.0 Å². The first-order valence-electron chi connectivity index (χ1n) is 11.5. The third kappa shape index (κ3) is 5.59. The SMILES string of the molecule is CS(=O)(=O)Nc1cc(Nc2ncc3c(n2)OCN(c2c(Cl)cccc2Cl)C3=O)ccc1C1CCNCC1. The third-order valence-corrected chi connectivity index (χ3v) is 7.35. The minimum absolute atomic E-state index is 0.114. The van der Waals surface area contributed by atoms with E-state index in [1.165, 1.54) is 11.1 Å². The van der Waals surface area contributed by atoms with Gasteiger partial charge in [0.2, 0.25) is 21.9 Å². The average molecular weight is 563 g/mol. The fourth-order valence-corrected chi connectivity index (χ4v) is 5.64. The van der Waals surface area contributed by atoms with Gasteiger partial charge in [0.25, 0.3) is 5.91 Å². The molecule has 1 aromatic heterocycles. The molecular formula is C24H24Cl2N6O4S. The first kappa shape index (κ1) is 25.5. The molecule has 5 rings (SSSR count). The van der Waals surface area contributed by atoms with Crippen molar-refractivity contribution in [3.63, 3.8) is 0 Å². The number of hydrogen-bond donors (Lipinski definition) is 3. The highest BCUT2D eigenvalue weighted by Crippen LogP contribution is 2.37. The van der Waals surface area contributed by atoms with Crippen LogP contribution in [0.4, 0.5) is 23.0 Å². The third-order valence-electron chi connectivity index (χ3n) is 6.15. The standard InChI is InChI=1S/C24H24Cl2N6O4S/c1-37(34,35)31-20-11-15(5-6-16(20)14-7-9-27-10-8-14)29-24-28-12-17-22(30-24)36-13-32(23(17)33)21-18(25)3-2-4-19(21)26/h2-6,11-12,14,27,31H,7-10,13H2,1H3,(H,28,29,30). The fraction of sp³-hybridized carbons (Fsp3) is 0.292. The van der Waals surface area contributed by atoms with Crippen molar-refractivity contribution in [3.8, 4) is 5.88 Å². The van der Waals surface area contributed by atoms with Crippen LogP contribution < -0.4 is 25.0 Å².